The summed E-state index contributed by atoms with van der Waals surface area (Å²) >= 11 is 1.70. The lowest BCUT2D eigenvalue weighted by Gasteiger charge is -2.04. The van der Waals surface area contributed by atoms with E-state index in [4.69, 9.17) is 0 Å². The van der Waals surface area contributed by atoms with E-state index in [0.29, 0.717) is 0 Å². The normalized spacial score (nSPS) is 10.7. The van der Waals surface area contributed by atoms with Crippen LogP contribution in [0.25, 0.3) is 0 Å². The number of hydrogen-bond donors (Lipinski definition) is 0. The Morgan fingerprint density at radius 3 is 2.83 bits per heavy atom. The van der Waals surface area contributed by atoms with Crippen LogP contribution in [-0.4, -0.2) is 11.2 Å². The molecule has 1 nitrogen and oxygen atoms in total. The van der Waals surface area contributed by atoms with Crippen molar-refractivity contribution < 1.29 is 0 Å². The van der Waals surface area contributed by atoms with Crippen LogP contribution < -0.4 is 0 Å². The second-order valence-corrected chi connectivity index (χ2v) is 4.13. The summed E-state index contributed by atoms with van der Waals surface area (Å²) in [7, 11) is 0. The summed E-state index contributed by atoms with van der Waals surface area (Å²) in [5.41, 5.74) is 1.39. The number of rotatable bonds is 3. The fourth-order valence-electron chi connectivity index (χ4n) is 1.16. The summed E-state index contributed by atoms with van der Waals surface area (Å²) in [6.45, 7) is 4.47. The Hall–Kier alpha value is -0.500. The van der Waals surface area contributed by atoms with Crippen LogP contribution in [0.4, 0.5) is 0 Å². The van der Waals surface area contributed by atoms with Crippen molar-refractivity contribution in [1.82, 2.24) is 4.98 Å². The molecule has 0 atom stereocenters. The van der Waals surface area contributed by atoms with Crippen LogP contribution in [0.2, 0.25) is 0 Å². The first-order chi connectivity index (χ1) is 5.72. The van der Waals surface area contributed by atoms with E-state index < -0.39 is 0 Å². The van der Waals surface area contributed by atoms with Gasteiger partial charge in [-0.25, -0.2) is 4.98 Å². The molecule has 0 fully saturated rings. The molecule has 0 aliphatic carbocycles. The molecule has 66 valence electrons. The predicted octanol–water partition coefficient (Wildman–Crippen LogP) is 3.00. The lowest BCUT2D eigenvalue weighted by Crippen LogP contribution is -1.94. The van der Waals surface area contributed by atoms with Crippen LogP contribution in [-0.2, 0) is 6.42 Å². The fraction of sp³-hybridized carbons (Fsp3) is 0.500. The third-order valence-corrected chi connectivity index (χ3v) is 2.29. The molecule has 0 unspecified atom stereocenters. The van der Waals surface area contributed by atoms with Gasteiger partial charge in [0.2, 0.25) is 0 Å². The summed E-state index contributed by atoms with van der Waals surface area (Å²) in [5, 5.41) is 1.12. The highest BCUT2D eigenvalue weighted by molar-refractivity contribution is 7.98. The lowest BCUT2D eigenvalue weighted by molar-refractivity contribution is 0.645. The molecule has 0 N–H and O–H groups in total. The summed E-state index contributed by atoms with van der Waals surface area (Å²) in [5.74, 6) is 0.724. The second-order valence-electron chi connectivity index (χ2n) is 3.30. The van der Waals surface area contributed by atoms with E-state index in [1.807, 2.05) is 6.20 Å². The predicted molar refractivity (Wildman–Crippen MR) is 54.6 cm³/mol. The molecule has 0 saturated carbocycles. The van der Waals surface area contributed by atoms with Crippen molar-refractivity contribution >= 4 is 11.8 Å². The van der Waals surface area contributed by atoms with Crippen molar-refractivity contribution in [2.45, 2.75) is 25.3 Å². The quantitative estimate of drug-likeness (QED) is 0.665. The molecule has 0 aliphatic rings. The Bertz CT molecular complexity index is 245. The number of thioether (sulfide) groups is 1. The minimum absolute atomic E-state index is 0.724. The third kappa shape index (κ3) is 2.86. The van der Waals surface area contributed by atoms with Crippen molar-refractivity contribution in [2.75, 3.05) is 6.26 Å². The molecule has 0 radical (unpaired) electrons. The molecule has 0 amide bonds. The zero-order valence-electron chi connectivity index (χ0n) is 7.87. The summed E-state index contributed by atoms with van der Waals surface area (Å²) in [4.78, 5) is 4.23. The molecule has 0 aromatic carbocycles. The van der Waals surface area contributed by atoms with Gasteiger partial charge in [-0.2, -0.15) is 0 Å². The van der Waals surface area contributed by atoms with Gasteiger partial charge < -0.3 is 0 Å². The summed E-state index contributed by atoms with van der Waals surface area (Å²) < 4.78 is 0. The van der Waals surface area contributed by atoms with Crippen LogP contribution in [0.5, 0.6) is 0 Å². The Morgan fingerprint density at radius 2 is 2.25 bits per heavy atom. The second kappa shape index (κ2) is 4.51. The van der Waals surface area contributed by atoms with E-state index in [-0.39, 0.29) is 0 Å². The minimum Gasteiger partial charge on any atom is -0.250 e. The van der Waals surface area contributed by atoms with E-state index >= 15 is 0 Å². The SMILES string of the molecule is CSc1cc(CC(C)C)ccn1. The molecule has 2 heteroatoms. The Kier molecular flexibility index (Phi) is 3.60. The largest absolute Gasteiger partial charge is 0.250 e. The number of aromatic nitrogens is 1. The van der Waals surface area contributed by atoms with Gasteiger partial charge in [-0.1, -0.05) is 13.8 Å². The first kappa shape index (κ1) is 9.59. The van der Waals surface area contributed by atoms with Crippen LogP contribution in [0.15, 0.2) is 23.4 Å². The van der Waals surface area contributed by atoms with Gasteiger partial charge in [0.05, 0.1) is 5.03 Å². The molecule has 0 spiro atoms. The average molecular weight is 181 g/mol. The smallest absolute Gasteiger partial charge is 0.0959 e. The van der Waals surface area contributed by atoms with E-state index in [1.54, 1.807) is 11.8 Å². The molecule has 12 heavy (non-hydrogen) atoms. The highest BCUT2D eigenvalue weighted by atomic mass is 32.2. The first-order valence-corrected chi connectivity index (χ1v) is 5.43. The average Bonchev–Trinajstić information content (AvgIpc) is 2.03. The monoisotopic (exact) mass is 181 g/mol. The van der Waals surface area contributed by atoms with Crippen molar-refractivity contribution in [3.05, 3.63) is 23.9 Å². The molecule has 1 aromatic rings. The standard InChI is InChI=1S/C10H15NS/c1-8(2)6-9-4-5-11-10(7-9)12-3/h4-5,7-8H,6H2,1-3H3. The molecular formula is C10H15NS. The molecule has 0 aliphatic heterocycles. The zero-order valence-corrected chi connectivity index (χ0v) is 8.69. The first-order valence-electron chi connectivity index (χ1n) is 4.21. The van der Waals surface area contributed by atoms with Gasteiger partial charge in [-0.05, 0) is 36.3 Å². The van der Waals surface area contributed by atoms with E-state index in [9.17, 15) is 0 Å². The number of hydrogen-bond acceptors (Lipinski definition) is 2. The minimum atomic E-state index is 0.724. The molecule has 0 saturated heterocycles. The number of pyridine rings is 1. The van der Waals surface area contributed by atoms with Crippen LogP contribution in [0.1, 0.15) is 19.4 Å². The Morgan fingerprint density at radius 1 is 1.50 bits per heavy atom. The van der Waals surface area contributed by atoms with E-state index in [1.165, 1.54) is 5.56 Å². The van der Waals surface area contributed by atoms with Gasteiger partial charge in [0.1, 0.15) is 0 Å². The van der Waals surface area contributed by atoms with Crippen molar-refractivity contribution in [1.29, 1.82) is 0 Å². The van der Waals surface area contributed by atoms with Gasteiger partial charge in [0.15, 0.2) is 0 Å². The molecule has 1 rings (SSSR count). The van der Waals surface area contributed by atoms with Crippen molar-refractivity contribution in [3.8, 4) is 0 Å². The van der Waals surface area contributed by atoms with Crippen molar-refractivity contribution in [3.63, 3.8) is 0 Å². The maximum absolute atomic E-state index is 4.23. The highest BCUT2D eigenvalue weighted by Crippen LogP contribution is 2.14. The summed E-state index contributed by atoms with van der Waals surface area (Å²) in [6.07, 6.45) is 5.10. The van der Waals surface area contributed by atoms with Crippen molar-refractivity contribution in [2.24, 2.45) is 5.92 Å². The van der Waals surface area contributed by atoms with Gasteiger partial charge in [0.25, 0.3) is 0 Å². The highest BCUT2D eigenvalue weighted by Gasteiger charge is 1.98. The molecule has 1 aromatic heterocycles. The van der Waals surface area contributed by atoms with Crippen LogP contribution in [0, 0.1) is 5.92 Å². The van der Waals surface area contributed by atoms with Gasteiger partial charge in [0, 0.05) is 6.20 Å². The number of nitrogens with zero attached hydrogens (tertiary/aromatic N) is 1. The zero-order chi connectivity index (χ0) is 8.97. The fourth-order valence-corrected chi connectivity index (χ4v) is 1.60. The molecule has 0 bridgehead atoms. The maximum Gasteiger partial charge on any atom is 0.0959 e. The van der Waals surface area contributed by atoms with Crippen LogP contribution in [0.3, 0.4) is 0 Å². The van der Waals surface area contributed by atoms with Gasteiger partial charge >= 0.3 is 0 Å². The Labute approximate surface area is 78.6 Å². The van der Waals surface area contributed by atoms with E-state index in [0.717, 1.165) is 17.4 Å². The third-order valence-electron chi connectivity index (χ3n) is 1.65. The molecule has 1 heterocycles. The van der Waals surface area contributed by atoms with Gasteiger partial charge in [-0.15, -0.1) is 11.8 Å². The topological polar surface area (TPSA) is 12.9 Å². The maximum atomic E-state index is 4.23. The summed E-state index contributed by atoms with van der Waals surface area (Å²) in [6, 6.07) is 4.27. The van der Waals surface area contributed by atoms with E-state index in [2.05, 4.69) is 37.2 Å². The molecular weight excluding hydrogens is 166 g/mol. The van der Waals surface area contributed by atoms with Crippen LogP contribution >= 0.6 is 11.8 Å². The Balaban J connectivity index is 2.72. The van der Waals surface area contributed by atoms with Gasteiger partial charge in [-0.3, -0.25) is 0 Å². The lowest BCUT2D eigenvalue weighted by atomic mass is 10.0.